The number of nitrogens with two attached hydrogens (primary N) is 1. The Morgan fingerprint density at radius 2 is 1.59 bits per heavy atom. The van der Waals surface area contributed by atoms with Crippen molar-refractivity contribution < 1.29 is 9.53 Å². The highest BCUT2D eigenvalue weighted by molar-refractivity contribution is 5.79. The summed E-state index contributed by atoms with van der Waals surface area (Å²) in [6.45, 7) is 5.92. The van der Waals surface area contributed by atoms with Gasteiger partial charge in [-0.2, -0.15) is 0 Å². The lowest BCUT2D eigenvalue weighted by Gasteiger charge is -2.32. The van der Waals surface area contributed by atoms with Crippen molar-refractivity contribution in [3.63, 3.8) is 0 Å². The van der Waals surface area contributed by atoms with E-state index < -0.39 is 0 Å². The Balaban J connectivity index is 1.69. The summed E-state index contributed by atoms with van der Waals surface area (Å²) in [5, 5.41) is 3.23. The minimum Gasteiger partial charge on any atom is -0.379 e. The van der Waals surface area contributed by atoms with Crippen molar-refractivity contribution >= 4 is 5.91 Å². The highest BCUT2D eigenvalue weighted by atomic mass is 16.5. The van der Waals surface area contributed by atoms with Crippen molar-refractivity contribution in [3.8, 4) is 0 Å². The molecule has 1 saturated heterocycles. The number of hydrogen-bond acceptors (Lipinski definition) is 4. The molecule has 0 aliphatic carbocycles. The Bertz CT molecular complexity index is 702. The van der Waals surface area contributed by atoms with E-state index in [4.69, 9.17) is 10.5 Å². The van der Waals surface area contributed by atoms with Crippen molar-refractivity contribution in [2.24, 2.45) is 11.7 Å². The van der Waals surface area contributed by atoms with Crippen LogP contribution in [0.5, 0.6) is 0 Å². The van der Waals surface area contributed by atoms with Crippen molar-refractivity contribution in [3.05, 3.63) is 71.8 Å². The summed E-state index contributed by atoms with van der Waals surface area (Å²) in [5.41, 5.74) is 8.44. The number of morpholine rings is 1. The molecule has 2 aromatic rings. The molecule has 3 rings (SSSR count). The molecule has 1 aliphatic heterocycles. The zero-order valence-corrected chi connectivity index (χ0v) is 15.9. The van der Waals surface area contributed by atoms with E-state index >= 15 is 0 Å². The predicted octanol–water partition coefficient (Wildman–Crippen LogP) is 2.51. The van der Waals surface area contributed by atoms with E-state index in [1.54, 1.807) is 0 Å². The summed E-state index contributed by atoms with van der Waals surface area (Å²) in [4.78, 5) is 15.3. The molecule has 1 aliphatic rings. The largest absolute Gasteiger partial charge is 0.379 e. The van der Waals surface area contributed by atoms with E-state index in [1.165, 1.54) is 0 Å². The van der Waals surface area contributed by atoms with Crippen LogP contribution >= 0.6 is 0 Å². The molecule has 5 heteroatoms. The maximum Gasteiger partial charge on any atom is 0.225 e. The van der Waals surface area contributed by atoms with E-state index in [0.29, 0.717) is 0 Å². The fraction of sp³-hybridized carbons (Fsp3) is 0.409. The maximum atomic E-state index is 12.9. The zero-order chi connectivity index (χ0) is 19.1. The minimum atomic E-state index is -0.328. The van der Waals surface area contributed by atoms with Gasteiger partial charge >= 0.3 is 0 Å². The maximum absolute atomic E-state index is 12.9. The molecule has 3 atom stereocenters. The predicted molar refractivity (Wildman–Crippen MR) is 107 cm³/mol. The number of nitrogens with one attached hydrogen (secondary N) is 1. The van der Waals surface area contributed by atoms with Gasteiger partial charge in [-0.05, 0) is 11.1 Å². The van der Waals surface area contributed by atoms with Crippen LogP contribution in [0.15, 0.2) is 60.7 Å². The summed E-state index contributed by atoms with van der Waals surface area (Å²) in [6.07, 6.45) is 0. The van der Waals surface area contributed by atoms with Crippen LogP contribution in [0.25, 0.3) is 0 Å². The van der Waals surface area contributed by atoms with Crippen LogP contribution in [0.2, 0.25) is 0 Å². The smallest absolute Gasteiger partial charge is 0.225 e. The number of benzene rings is 2. The molecule has 0 saturated carbocycles. The lowest BCUT2D eigenvalue weighted by atomic mass is 9.94. The van der Waals surface area contributed by atoms with Gasteiger partial charge in [-0.15, -0.1) is 0 Å². The first-order valence-electron chi connectivity index (χ1n) is 9.61. The average molecular weight is 367 g/mol. The van der Waals surface area contributed by atoms with Crippen molar-refractivity contribution in [1.29, 1.82) is 0 Å². The summed E-state index contributed by atoms with van der Waals surface area (Å²) in [7, 11) is 0. The molecule has 1 amide bonds. The molecule has 2 aromatic carbocycles. The highest BCUT2D eigenvalue weighted by Gasteiger charge is 2.26. The molecule has 3 unspecified atom stereocenters. The van der Waals surface area contributed by atoms with Crippen LogP contribution in [0.1, 0.15) is 30.1 Å². The van der Waals surface area contributed by atoms with E-state index in [-0.39, 0.29) is 23.9 Å². The van der Waals surface area contributed by atoms with Crippen molar-refractivity contribution in [1.82, 2.24) is 10.2 Å². The quantitative estimate of drug-likeness (QED) is 0.789. The van der Waals surface area contributed by atoms with Crippen molar-refractivity contribution in [2.45, 2.75) is 19.0 Å². The third kappa shape index (κ3) is 5.39. The van der Waals surface area contributed by atoms with Gasteiger partial charge in [0.05, 0.1) is 25.2 Å². The van der Waals surface area contributed by atoms with E-state index in [0.717, 1.165) is 44.0 Å². The van der Waals surface area contributed by atoms with Gasteiger partial charge in [-0.25, -0.2) is 0 Å². The molecule has 0 radical (unpaired) electrons. The molecule has 0 bridgehead atoms. The molecule has 5 nitrogen and oxygen atoms in total. The molecule has 1 heterocycles. The number of amides is 1. The van der Waals surface area contributed by atoms with Gasteiger partial charge in [0, 0.05) is 25.7 Å². The summed E-state index contributed by atoms with van der Waals surface area (Å²) in [6, 6.07) is 19.5. The van der Waals surface area contributed by atoms with Crippen LogP contribution in [-0.4, -0.2) is 43.7 Å². The van der Waals surface area contributed by atoms with Gasteiger partial charge in [-0.3, -0.25) is 9.69 Å². The van der Waals surface area contributed by atoms with Gasteiger partial charge in [0.1, 0.15) is 0 Å². The molecule has 0 aromatic heterocycles. The summed E-state index contributed by atoms with van der Waals surface area (Å²) >= 11 is 0. The minimum absolute atomic E-state index is 0.0199. The third-order valence-electron chi connectivity index (χ3n) is 5.20. The van der Waals surface area contributed by atoms with Gasteiger partial charge in [-0.1, -0.05) is 67.6 Å². The summed E-state index contributed by atoms with van der Waals surface area (Å²) < 4.78 is 5.44. The van der Waals surface area contributed by atoms with Gasteiger partial charge in [0.15, 0.2) is 0 Å². The van der Waals surface area contributed by atoms with Gasteiger partial charge in [0.25, 0.3) is 0 Å². The van der Waals surface area contributed by atoms with E-state index in [1.807, 2.05) is 55.5 Å². The number of carbonyl (C=O) groups is 1. The fourth-order valence-electron chi connectivity index (χ4n) is 3.39. The first-order valence-corrected chi connectivity index (χ1v) is 9.61. The normalized spacial score (nSPS) is 18.4. The Hall–Kier alpha value is -2.21. The molecule has 27 heavy (non-hydrogen) atoms. The molecular weight excluding hydrogens is 338 g/mol. The van der Waals surface area contributed by atoms with E-state index in [2.05, 4.69) is 22.3 Å². The number of hydrogen-bond donors (Lipinski definition) is 2. The molecule has 144 valence electrons. The SMILES string of the molecule is CC(C(=O)NC(CN1CCOCC1)c1ccccc1)C(N)c1ccccc1. The Kier molecular flexibility index (Phi) is 6.98. The summed E-state index contributed by atoms with van der Waals surface area (Å²) in [5.74, 6) is -0.336. The molecule has 3 N–H and O–H groups in total. The topological polar surface area (TPSA) is 67.6 Å². The number of ether oxygens (including phenoxy) is 1. The van der Waals surface area contributed by atoms with Crippen LogP contribution in [0.4, 0.5) is 0 Å². The van der Waals surface area contributed by atoms with Crippen LogP contribution in [0, 0.1) is 5.92 Å². The third-order valence-corrected chi connectivity index (χ3v) is 5.20. The first-order chi connectivity index (χ1) is 13.1. The van der Waals surface area contributed by atoms with E-state index in [9.17, 15) is 4.79 Å². The second-order valence-electron chi connectivity index (χ2n) is 7.11. The Morgan fingerprint density at radius 1 is 1.04 bits per heavy atom. The number of carbonyl (C=O) groups excluding carboxylic acids is 1. The lowest BCUT2D eigenvalue weighted by Crippen LogP contribution is -2.45. The van der Waals surface area contributed by atoms with Crippen molar-refractivity contribution in [2.75, 3.05) is 32.8 Å². The van der Waals surface area contributed by atoms with Crippen LogP contribution in [-0.2, 0) is 9.53 Å². The monoisotopic (exact) mass is 367 g/mol. The van der Waals surface area contributed by atoms with Crippen LogP contribution < -0.4 is 11.1 Å². The first kappa shape index (κ1) is 19.5. The second kappa shape index (κ2) is 9.65. The second-order valence-corrected chi connectivity index (χ2v) is 7.11. The Labute approximate surface area is 161 Å². The van der Waals surface area contributed by atoms with Gasteiger partial charge in [0.2, 0.25) is 5.91 Å². The molecule has 1 fully saturated rings. The molecule has 0 spiro atoms. The number of rotatable bonds is 7. The van der Waals surface area contributed by atoms with Gasteiger partial charge < -0.3 is 15.8 Å². The van der Waals surface area contributed by atoms with Crippen LogP contribution in [0.3, 0.4) is 0 Å². The fourth-order valence-corrected chi connectivity index (χ4v) is 3.39. The Morgan fingerprint density at radius 3 is 2.19 bits per heavy atom. The standard InChI is InChI=1S/C22H29N3O2/c1-17(21(23)19-10-6-3-7-11-19)22(26)24-20(18-8-4-2-5-9-18)16-25-12-14-27-15-13-25/h2-11,17,20-21H,12-16,23H2,1H3,(H,24,26). The zero-order valence-electron chi connectivity index (χ0n) is 15.9. The average Bonchev–Trinajstić information content (AvgIpc) is 2.74. The number of nitrogens with zero attached hydrogens (tertiary/aromatic N) is 1. The lowest BCUT2D eigenvalue weighted by molar-refractivity contribution is -0.126. The molecular formula is C22H29N3O2. The highest BCUT2D eigenvalue weighted by Crippen LogP contribution is 2.21.